The highest BCUT2D eigenvalue weighted by atomic mass is 32.1. The van der Waals surface area contributed by atoms with Gasteiger partial charge in [-0.05, 0) is 6.54 Å². The van der Waals surface area contributed by atoms with Gasteiger partial charge < -0.3 is 10.6 Å². The van der Waals surface area contributed by atoms with E-state index >= 15 is 0 Å². The van der Waals surface area contributed by atoms with Crippen molar-refractivity contribution in [1.29, 1.82) is 0 Å². The van der Waals surface area contributed by atoms with Crippen molar-refractivity contribution < 1.29 is 4.79 Å². The number of piperazine rings is 1. The standard InChI is InChI=1S/C13H20N4OS/c1-2-5-16-6-8-17(9-7-16)13(18)11-10-19-12(15-11)3-4-14/h2,10H,1,3-9,14H2. The van der Waals surface area contributed by atoms with Crippen molar-refractivity contribution >= 4 is 17.2 Å². The van der Waals surface area contributed by atoms with Gasteiger partial charge in [0.1, 0.15) is 5.69 Å². The van der Waals surface area contributed by atoms with Gasteiger partial charge in [-0.2, -0.15) is 0 Å². The van der Waals surface area contributed by atoms with Gasteiger partial charge >= 0.3 is 0 Å². The zero-order chi connectivity index (χ0) is 13.7. The lowest BCUT2D eigenvalue weighted by Crippen LogP contribution is -2.48. The van der Waals surface area contributed by atoms with Crippen LogP contribution in [-0.2, 0) is 6.42 Å². The van der Waals surface area contributed by atoms with Gasteiger partial charge in [0.25, 0.3) is 5.91 Å². The molecule has 0 bridgehead atoms. The fourth-order valence-corrected chi connectivity index (χ4v) is 2.91. The maximum Gasteiger partial charge on any atom is 0.273 e. The van der Waals surface area contributed by atoms with E-state index in [9.17, 15) is 4.79 Å². The lowest BCUT2D eigenvalue weighted by atomic mass is 10.3. The smallest absolute Gasteiger partial charge is 0.273 e. The molecule has 1 aliphatic heterocycles. The number of hydrogen-bond acceptors (Lipinski definition) is 5. The van der Waals surface area contributed by atoms with Gasteiger partial charge in [0.15, 0.2) is 0 Å². The highest BCUT2D eigenvalue weighted by Crippen LogP contribution is 2.13. The molecule has 5 nitrogen and oxygen atoms in total. The largest absolute Gasteiger partial charge is 0.335 e. The van der Waals surface area contributed by atoms with Crippen molar-refractivity contribution in [2.24, 2.45) is 5.73 Å². The third-order valence-corrected chi connectivity index (χ3v) is 4.08. The Morgan fingerprint density at radius 1 is 1.47 bits per heavy atom. The van der Waals surface area contributed by atoms with Gasteiger partial charge in [-0.15, -0.1) is 17.9 Å². The van der Waals surface area contributed by atoms with E-state index < -0.39 is 0 Å². The predicted molar refractivity (Wildman–Crippen MR) is 77.4 cm³/mol. The summed E-state index contributed by atoms with van der Waals surface area (Å²) in [6.45, 7) is 8.52. The van der Waals surface area contributed by atoms with Gasteiger partial charge in [-0.1, -0.05) is 6.08 Å². The monoisotopic (exact) mass is 280 g/mol. The van der Waals surface area contributed by atoms with E-state index in [-0.39, 0.29) is 5.91 Å². The zero-order valence-corrected chi connectivity index (χ0v) is 11.9. The molecule has 0 spiro atoms. The number of carbonyl (C=O) groups is 1. The summed E-state index contributed by atoms with van der Waals surface area (Å²) < 4.78 is 0. The van der Waals surface area contributed by atoms with Gasteiger partial charge in [0.2, 0.25) is 0 Å². The molecule has 1 fully saturated rings. The number of carbonyl (C=O) groups excluding carboxylic acids is 1. The minimum Gasteiger partial charge on any atom is -0.335 e. The van der Waals surface area contributed by atoms with Crippen LogP contribution < -0.4 is 5.73 Å². The molecule has 0 aromatic carbocycles. The minimum absolute atomic E-state index is 0.0396. The van der Waals surface area contributed by atoms with Crippen LogP contribution in [0.3, 0.4) is 0 Å². The highest BCUT2D eigenvalue weighted by Gasteiger charge is 2.23. The van der Waals surface area contributed by atoms with Gasteiger partial charge in [0, 0.05) is 44.5 Å². The summed E-state index contributed by atoms with van der Waals surface area (Å²) in [5.41, 5.74) is 6.05. The Hall–Kier alpha value is -1.24. The average molecular weight is 280 g/mol. The van der Waals surface area contributed by atoms with E-state index in [0.29, 0.717) is 12.2 Å². The SMILES string of the molecule is C=CCN1CCN(C(=O)c2csc(CCN)n2)CC1. The maximum atomic E-state index is 12.3. The Balaban J connectivity index is 1.91. The second-order valence-electron chi connectivity index (χ2n) is 4.55. The molecule has 0 aliphatic carbocycles. The van der Waals surface area contributed by atoms with Crippen LogP contribution in [0, 0.1) is 0 Å². The van der Waals surface area contributed by atoms with Crippen LogP contribution in [0.2, 0.25) is 0 Å². The van der Waals surface area contributed by atoms with Gasteiger partial charge in [0.05, 0.1) is 5.01 Å². The Morgan fingerprint density at radius 2 is 2.21 bits per heavy atom. The molecule has 0 unspecified atom stereocenters. The fraction of sp³-hybridized carbons (Fsp3) is 0.538. The Bertz CT molecular complexity index is 438. The molecular weight excluding hydrogens is 260 g/mol. The summed E-state index contributed by atoms with van der Waals surface area (Å²) in [6.07, 6.45) is 2.64. The Morgan fingerprint density at radius 3 is 2.84 bits per heavy atom. The van der Waals surface area contributed by atoms with Crippen molar-refractivity contribution in [3.05, 3.63) is 28.7 Å². The third-order valence-electron chi connectivity index (χ3n) is 3.18. The summed E-state index contributed by atoms with van der Waals surface area (Å²) in [6, 6.07) is 0. The quantitative estimate of drug-likeness (QED) is 0.802. The van der Waals surface area contributed by atoms with Crippen LogP contribution >= 0.6 is 11.3 Å². The number of aromatic nitrogens is 1. The topological polar surface area (TPSA) is 62.5 Å². The van der Waals surface area contributed by atoms with Crippen LogP contribution in [0.25, 0.3) is 0 Å². The molecule has 0 radical (unpaired) electrons. The molecule has 0 saturated carbocycles. The predicted octanol–water partition coefficient (Wildman–Crippen LogP) is 0.588. The first kappa shape index (κ1) is 14.2. The summed E-state index contributed by atoms with van der Waals surface area (Å²) in [5.74, 6) is 0.0396. The number of rotatable bonds is 5. The minimum atomic E-state index is 0.0396. The molecule has 19 heavy (non-hydrogen) atoms. The lowest BCUT2D eigenvalue weighted by Gasteiger charge is -2.33. The van der Waals surface area contributed by atoms with Crippen molar-refractivity contribution in [2.75, 3.05) is 39.3 Å². The van der Waals surface area contributed by atoms with E-state index in [1.165, 1.54) is 11.3 Å². The first-order valence-corrected chi connectivity index (χ1v) is 7.39. The number of nitrogens with zero attached hydrogens (tertiary/aromatic N) is 3. The number of nitrogens with two attached hydrogens (primary N) is 1. The Labute approximate surface area is 117 Å². The summed E-state index contributed by atoms with van der Waals surface area (Å²) in [5, 5.41) is 2.78. The first-order chi connectivity index (χ1) is 9.24. The first-order valence-electron chi connectivity index (χ1n) is 6.51. The molecule has 1 aromatic rings. The van der Waals surface area contributed by atoms with Crippen molar-refractivity contribution in [2.45, 2.75) is 6.42 Å². The van der Waals surface area contributed by atoms with Gasteiger partial charge in [-0.25, -0.2) is 4.98 Å². The lowest BCUT2D eigenvalue weighted by molar-refractivity contribution is 0.0645. The van der Waals surface area contributed by atoms with E-state index in [1.807, 2.05) is 16.4 Å². The zero-order valence-electron chi connectivity index (χ0n) is 11.0. The number of thiazole rings is 1. The Kier molecular flexibility index (Phi) is 5.07. The van der Waals surface area contributed by atoms with Crippen LogP contribution in [0.1, 0.15) is 15.5 Å². The molecule has 2 rings (SSSR count). The second-order valence-corrected chi connectivity index (χ2v) is 5.49. The van der Waals surface area contributed by atoms with E-state index in [4.69, 9.17) is 5.73 Å². The summed E-state index contributed by atoms with van der Waals surface area (Å²) in [7, 11) is 0. The number of amides is 1. The fourth-order valence-electron chi connectivity index (χ4n) is 2.13. The summed E-state index contributed by atoms with van der Waals surface area (Å²) in [4.78, 5) is 20.8. The third kappa shape index (κ3) is 3.62. The average Bonchev–Trinajstić information content (AvgIpc) is 2.88. The van der Waals surface area contributed by atoms with Gasteiger partial charge in [-0.3, -0.25) is 9.69 Å². The van der Waals surface area contributed by atoms with Crippen molar-refractivity contribution in [3.63, 3.8) is 0 Å². The molecule has 1 aromatic heterocycles. The molecule has 1 saturated heterocycles. The molecule has 1 aliphatic rings. The van der Waals surface area contributed by atoms with Crippen LogP contribution in [0.4, 0.5) is 0 Å². The van der Waals surface area contributed by atoms with Crippen LogP contribution in [0.15, 0.2) is 18.0 Å². The van der Waals surface area contributed by atoms with Crippen LogP contribution in [-0.4, -0.2) is 60.0 Å². The molecule has 0 atom stereocenters. The molecule has 104 valence electrons. The molecule has 2 N–H and O–H groups in total. The van der Waals surface area contributed by atoms with E-state index in [2.05, 4.69) is 16.5 Å². The van der Waals surface area contributed by atoms with E-state index in [1.54, 1.807) is 0 Å². The second kappa shape index (κ2) is 6.79. The van der Waals surface area contributed by atoms with Crippen molar-refractivity contribution in [3.8, 4) is 0 Å². The molecular formula is C13H20N4OS. The highest BCUT2D eigenvalue weighted by molar-refractivity contribution is 7.09. The van der Waals surface area contributed by atoms with Crippen LogP contribution in [0.5, 0.6) is 0 Å². The molecule has 2 heterocycles. The van der Waals surface area contributed by atoms with E-state index in [0.717, 1.165) is 44.2 Å². The van der Waals surface area contributed by atoms with Crippen molar-refractivity contribution in [1.82, 2.24) is 14.8 Å². The maximum absolute atomic E-state index is 12.3. The summed E-state index contributed by atoms with van der Waals surface area (Å²) >= 11 is 1.51. The molecule has 6 heteroatoms. The number of hydrogen-bond donors (Lipinski definition) is 1. The normalized spacial score (nSPS) is 16.6. The molecule has 1 amide bonds.